The van der Waals surface area contributed by atoms with Gasteiger partial charge in [-0.15, -0.1) is 0 Å². The highest BCUT2D eigenvalue weighted by Crippen LogP contribution is 2.28. The highest BCUT2D eigenvalue weighted by molar-refractivity contribution is 7.89. The fourth-order valence-electron chi connectivity index (χ4n) is 2.68. The van der Waals surface area contributed by atoms with Gasteiger partial charge >= 0.3 is 0 Å². The maximum atomic E-state index is 12.9. The first kappa shape index (κ1) is 21.9. The molecule has 0 spiro atoms. The van der Waals surface area contributed by atoms with Gasteiger partial charge in [-0.25, -0.2) is 8.42 Å². The quantitative estimate of drug-likeness (QED) is 0.733. The van der Waals surface area contributed by atoms with Crippen LogP contribution >= 0.6 is 0 Å². The van der Waals surface area contributed by atoms with Crippen molar-refractivity contribution in [3.05, 3.63) is 35.5 Å². The summed E-state index contributed by atoms with van der Waals surface area (Å²) in [4.78, 5) is 12.6. The molecule has 1 aromatic carbocycles. The molecular weight excluding hydrogens is 380 g/mol. The van der Waals surface area contributed by atoms with Crippen LogP contribution in [0, 0.1) is 0 Å². The average Bonchev–Trinajstić information content (AvgIpc) is 3.10. The van der Waals surface area contributed by atoms with Crippen molar-refractivity contribution < 1.29 is 17.9 Å². The molecule has 0 atom stereocenters. The number of aromatic amines is 1. The van der Waals surface area contributed by atoms with Crippen molar-refractivity contribution in [2.75, 3.05) is 25.5 Å². The molecule has 2 aromatic rings. The minimum Gasteiger partial charge on any atom is -0.495 e. The number of ether oxygens (including phenoxy) is 1. The maximum absolute atomic E-state index is 12.9. The van der Waals surface area contributed by atoms with Gasteiger partial charge in [-0.05, 0) is 18.2 Å². The van der Waals surface area contributed by atoms with E-state index in [9.17, 15) is 13.2 Å². The lowest BCUT2D eigenvalue weighted by Crippen LogP contribution is -2.31. The molecule has 0 bridgehead atoms. The summed E-state index contributed by atoms with van der Waals surface area (Å²) in [5.41, 5.74) is 0.940. The Morgan fingerprint density at radius 3 is 2.36 bits per heavy atom. The Balaban J connectivity index is 2.36. The van der Waals surface area contributed by atoms with Gasteiger partial charge < -0.3 is 10.1 Å². The topological polar surface area (TPSA) is 104 Å². The summed E-state index contributed by atoms with van der Waals surface area (Å²) in [5.74, 6) is 0.114. The number of sulfonamides is 1. The monoisotopic (exact) mass is 408 g/mol. The van der Waals surface area contributed by atoms with Crippen LogP contribution in [0.15, 0.2) is 29.2 Å². The normalized spacial score (nSPS) is 12.2. The molecule has 0 aliphatic carbocycles. The van der Waals surface area contributed by atoms with E-state index in [0.717, 1.165) is 5.69 Å². The third-order valence-corrected chi connectivity index (χ3v) is 6.45. The molecule has 1 heterocycles. The molecule has 0 aliphatic rings. The fraction of sp³-hybridized carbons (Fsp3) is 0.474. The minimum atomic E-state index is -3.78. The number of amides is 1. The number of nitrogens with one attached hydrogen (secondary N) is 2. The summed E-state index contributed by atoms with van der Waals surface area (Å²) >= 11 is 0. The number of carbonyl (C=O) groups excluding carboxylic acids is 1. The van der Waals surface area contributed by atoms with E-state index in [0.29, 0.717) is 18.9 Å². The third kappa shape index (κ3) is 4.53. The van der Waals surface area contributed by atoms with Gasteiger partial charge in [0.25, 0.3) is 5.91 Å². The van der Waals surface area contributed by atoms with Crippen LogP contribution in [0.3, 0.4) is 0 Å². The Kier molecular flexibility index (Phi) is 6.51. The Morgan fingerprint density at radius 1 is 1.21 bits per heavy atom. The van der Waals surface area contributed by atoms with Gasteiger partial charge in [0.1, 0.15) is 10.6 Å². The Hall–Kier alpha value is -2.39. The van der Waals surface area contributed by atoms with E-state index in [4.69, 9.17) is 4.74 Å². The van der Waals surface area contributed by atoms with Crippen molar-refractivity contribution >= 4 is 21.7 Å². The van der Waals surface area contributed by atoms with Gasteiger partial charge in [0, 0.05) is 35.8 Å². The summed E-state index contributed by atoms with van der Waals surface area (Å²) in [6, 6.07) is 6.09. The Labute approximate surface area is 166 Å². The number of benzene rings is 1. The lowest BCUT2D eigenvalue weighted by atomic mass is 9.92. The summed E-state index contributed by atoms with van der Waals surface area (Å²) in [6.45, 7) is 10.2. The van der Waals surface area contributed by atoms with Gasteiger partial charge in [-0.2, -0.15) is 9.40 Å². The molecule has 0 aliphatic heterocycles. The van der Waals surface area contributed by atoms with E-state index < -0.39 is 15.9 Å². The molecule has 0 saturated carbocycles. The molecule has 0 saturated heterocycles. The number of hydrogen-bond donors (Lipinski definition) is 2. The van der Waals surface area contributed by atoms with E-state index >= 15 is 0 Å². The van der Waals surface area contributed by atoms with Crippen molar-refractivity contribution in [1.82, 2.24) is 14.5 Å². The second-order valence-corrected chi connectivity index (χ2v) is 9.23. The van der Waals surface area contributed by atoms with Gasteiger partial charge in [-0.1, -0.05) is 34.6 Å². The average molecular weight is 409 g/mol. The number of methoxy groups -OCH3 is 1. The number of anilines is 1. The van der Waals surface area contributed by atoms with Crippen LogP contribution < -0.4 is 10.1 Å². The summed E-state index contributed by atoms with van der Waals surface area (Å²) in [5, 5.41) is 9.69. The number of H-pyrrole nitrogens is 1. The van der Waals surface area contributed by atoms with E-state index in [1.165, 1.54) is 29.6 Å². The fourth-order valence-corrected chi connectivity index (χ4v) is 4.32. The van der Waals surface area contributed by atoms with Gasteiger partial charge in [-0.3, -0.25) is 9.89 Å². The van der Waals surface area contributed by atoms with Gasteiger partial charge in [0.15, 0.2) is 5.82 Å². The summed E-state index contributed by atoms with van der Waals surface area (Å²) < 4.78 is 32.4. The number of aromatic nitrogens is 2. The SMILES string of the molecule is CCN(CC)S(=O)(=O)c1cc(C(=O)Nc2cc(C(C)(C)C)[nH]n2)ccc1OC. The zero-order valence-electron chi connectivity index (χ0n) is 17.2. The van der Waals surface area contributed by atoms with Crippen LogP contribution in [0.2, 0.25) is 0 Å². The third-order valence-electron chi connectivity index (χ3n) is 4.38. The molecule has 0 fully saturated rings. The van der Waals surface area contributed by atoms with E-state index in [2.05, 4.69) is 15.5 Å². The van der Waals surface area contributed by atoms with Gasteiger partial charge in [0.2, 0.25) is 10.0 Å². The van der Waals surface area contributed by atoms with Crippen LogP contribution in [-0.2, 0) is 15.4 Å². The predicted molar refractivity (Wildman–Crippen MR) is 108 cm³/mol. The van der Waals surface area contributed by atoms with Crippen LogP contribution in [0.5, 0.6) is 5.75 Å². The molecule has 2 rings (SSSR count). The first-order valence-corrected chi connectivity index (χ1v) is 10.5. The standard InChI is InChI=1S/C19H28N4O4S/c1-7-23(8-2)28(25,26)15-11-13(9-10-14(15)27-6)18(24)20-17-12-16(21-22-17)19(3,4)5/h9-12H,7-8H2,1-6H3,(H2,20,21,22,24). The molecule has 9 heteroatoms. The summed E-state index contributed by atoms with van der Waals surface area (Å²) in [6.07, 6.45) is 0. The Morgan fingerprint density at radius 2 is 1.86 bits per heavy atom. The minimum absolute atomic E-state index is 0.0382. The van der Waals surface area contributed by atoms with Crippen molar-refractivity contribution in [2.45, 2.75) is 44.9 Å². The van der Waals surface area contributed by atoms with Crippen molar-refractivity contribution in [3.63, 3.8) is 0 Å². The van der Waals surface area contributed by atoms with Crippen LogP contribution in [-0.4, -0.2) is 49.0 Å². The van der Waals surface area contributed by atoms with Crippen LogP contribution in [0.1, 0.15) is 50.7 Å². The molecule has 0 unspecified atom stereocenters. The van der Waals surface area contributed by atoms with Crippen molar-refractivity contribution in [3.8, 4) is 5.75 Å². The number of nitrogens with zero attached hydrogens (tertiary/aromatic N) is 2. The predicted octanol–water partition coefficient (Wildman–Crippen LogP) is 3.00. The largest absolute Gasteiger partial charge is 0.495 e. The van der Waals surface area contributed by atoms with Crippen LogP contribution in [0.4, 0.5) is 5.82 Å². The second kappa shape index (κ2) is 8.32. The number of hydrogen-bond acceptors (Lipinski definition) is 5. The zero-order chi connectivity index (χ0) is 21.1. The Bertz CT molecular complexity index is 941. The van der Waals surface area contributed by atoms with Crippen LogP contribution in [0.25, 0.3) is 0 Å². The van der Waals surface area contributed by atoms with E-state index in [1.54, 1.807) is 19.9 Å². The lowest BCUT2D eigenvalue weighted by molar-refractivity contribution is 0.102. The highest BCUT2D eigenvalue weighted by Gasteiger charge is 2.27. The molecule has 0 radical (unpaired) electrons. The smallest absolute Gasteiger partial charge is 0.256 e. The van der Waals surface area contributed by atoms with Gasteiger partial charge in [0.05, 0.1) is 7.11 Å². The van der Waals surface area contributed by atoms with Crippen molar-refractivity contribution in [1.29, 1.82) is 0 Å². The lowest BCUT2D eigenvalue weighted by Gasteiger charge is -2.20. The molecule has 28 heavy (non-hydrogen) atoms. The van der Waals surface area contributed by atoms with Crippen molar-refractivity contribution in [2.24, 2.45) is 0 Å². The molecular formula is C19H28N4O4S. The molecule has 1 aromatic heterocycles. The summed E-state index contributed by atoms with van der Waals surface area (Å²) in [7, 11) is -2.38. The molecule has 2 N–H and O–H groups in total. The maximum Gasteiger partial charge on any atom is 0.256 e. The first-order chi connectivity index (χ1) is 13.0. The second-order valence-electron chi connectivity index (χ2n) is 7.33. The highest BCUT2D eigenvalue weighted by atomic mass is 32.2. The zero-order valence-corrected chi connectivity index (χ0v) is 18.0. The number of carbonyl (C=O) groups is 1. The number of rotatable bonds is 7. The molecule has 154 valence electrons. The molecule has 1 amide bonds. The van der Waals surface area contributed by atoms with E-state index in [1.807, 2.05) is 20.8 Å². The molecule has 8 nitrogen and oxygen atoms in total. The van der Waals surface area contributed by atoms with E-state index in [-0.39, 0.29) is 21.6 Å². The first-order valence-electron chi connectivity index (χ1n) is 9.10.